The average Bonchev–Trinajstić information content (AvgIpc) is 3.22. The van der Waals surface area contributed by atoms with Crippen LogP contribution in [0.3, 0.4) is 0 Å². The van der Waals surface area contributed by atoms with Gasteiger partial charge in [0.15, 0.2) is 0 Å². The van der Waals surface area contributed by atoms with Gasteiger partial charge >= 0.3 is 0 Å². The van der Waals surface area contributed by atoms with Crippen molar-refractivity contribution in [2.75, 3.05) is 25.4 Å². The number of carbonyl (C=O) groups excluding carboxylic acids is 1. The molecule has 3 atom stereocenters. The molecule has 0 spiro atoms. The Labute approximate surface area is 172 Å². The zero-order valence-electron chi connectivity index (χ0n) is 16.8. The van der Waals surface area contributed by atoms with E-state index in [1.807, 2.05) is 24.3 Å². The molecular formula is C22H28N2O4S. The van der Waals surface area contributed by atoms with Crippen LogP contribution in [-0.2, 0) is 14.8 Å². The van der Waals surface area contributed by atoms with Crippen LogP contribution < -0.4 is 0 Å². The molecule has 1 aromatic rings. The highest BCUT2D eigenvalue weighted by Gasteiger charge is 2.55. The SMILES string of the molecule is CCS(=O)(=O)N1CC(=O)N2[C@@H](CO)[C@H](c3ccc(C#CC4CCCC4)cc3)[C@@H]2C1. The number of carbonyl (C=O) groups is 1. The van der Waals surface area contributed by atoms with Crippen LogP contribution in [0.5, 0.6) is 0 Å². The maximum absolute atomic E-state index is 12.5. The summed E-state index contributed by atoms with van der Waals surface area (Å²) in [5.74, 6) is 6.81. The number of hydrogen-bond acceptors (Lipinski definition) is 4. The Hall–Kier alpha value is -1.88. The minimum absolute atomic E-state index is 0.0184. The summed E-state index contributed by atoms with van der Waals surface area (Å²) in [5.41, 5.74) is 1.98. The zero-order valence-corrected chi connectivity index (χ0v) is 17.6. The van der Waals surface area contributed by atoms with E-state index in [2.05, 4.69) is 11.8 Å². The molecule has 0 bridgehead atoms. The number of fused-ring (bicyclic) bond motifs is 1. The molecule has 0 aromatic heterocycles. The van der Waals surface area contributed by atoms with Crippen molar-refractivity contribution in [2.45, 2.75) is 50.6 Å². The van der Waals surface area contributed by atoms with Crippen molar-refractivity contribution < 1.29 is 18.3 Å². The van der Waals surface area contributed by atoms with Gasteiger partial charge in [0.25, 0.3) is 0 Å². The monoisotopic (exact) mass is 416 g/mol. The normalized spacial score (nSPS) is 27.9. The van der Waals surface area contributed by atoms with Gasteiger partial charge in [0.2, 0.25) is 15.9 Å². The fraction of sp³-hybridized carbons (Fsp3) is 0.591. The Bertz CT molecular complexity index is 926. The number of piperazine rings is 1. The number of benzene rings is 1. The van der Waals surface area contributed by atoms with E-state index in [0.29, 0.717) is 5.92 Å². The summed E-state index contributed by atoms with van der Waals surface area (Å²) in [6.07, 6.45) is 4.91. The minimum Gasteiger partial charge on any atom is -0.394 e. The first-order valence-electron chi connectivity index (χ1n) is 10.5. The molecule has 1 amide bonds. The smallest absolute Gasteiger partial charge is 0.238 e. The molecule has 1 aromatic carbocycles. The maximum atomic E-state index is 12.5. The van der Waals surface area contributed by atoms with Crippen molar-refractivity contribution >= 4 is 15.9 Å². The van der Waals surface area contributed by atoms with Gasteiger partial charge in [0.05, 0.1) is 31.0 Å². The van der Waals surface area contributed by atoms with Crippen molar-refractivity contribution in [1.82, 2.24) is 9.21 Å². The molecule has 3 fully saturated rings. The van der Waals surface area contributed by atoms with Gasteiger partial charge in [0.1, 0.15) is 0 Å². The topological polar surface area (TPSA) is 77.9 Å². The van der Waals surface area contributed by atoms with Crippen LogP contribution >= 0.6 is 0 Å². The van der Waals surface area contributed by atoms with Gasteiger partial charge in [-0.2, -0.15) is 4.31 Å². The van der Waals surface area contributed by atoms with Gasteiger partial charge in [-0.15, -0.1) is 0 Å². The predicted molar refractivity (Wildman–Crippen MR) is 111 cm³/mol. The quantitative estimate of drug-likeness (QED) is 0.756. The van der Waals surface area contributed by atoms with Gasteiger partial charge in [-0.3, -0.25) is 4.79 Å². The summed E-state index contributed by atoms with van der Waals surface area (Å²) in [7, 11) is -3.42. The van der Waals surface area contributed by atoms with E-state index < -0.39 is 10.0 Å². The van der Waals surface area contributed by atoms with E-state index in [1.165, 1.54) is 30.0 Å². The van der Waals surface area contributed by atoms with E-state index in [9.17, 15) is 18.3 Å². The molecule has 1 N–H and O–H groups in total. The van der Waals surface area contributed by atoms with Gasteiger partial charge in [-0.25, -0.2) is 8.42 Å². The summed E-state index contributed by atoms with van der Waals surface area (Å²) in [5, 5.41) is 9.86. The van der Waals surface area contributed by atoms with Crippen molar-refractivity contribution in [3.8, 4) is 11.8 Å². The van der Waals surface area contributed by atoms with Crippen LogP contribution in [0.25, 0.3) is 0 Å². The lowest BCUT2D eigenvalue weighted by Gasteiger charge is -2.58. The summed E-state index contributed by atoms with van der Waals surface area (Å²) < 4.78 is 25.9. The Morgan fingerprint density at radius 2 is 1.86 bits per heavy atom. The van der Waals surface area contributed by atoms with E-state index >= 15 is 0 Å². The molecule has 2 aliphatic heterocycles. The van der Waals surface area contributed by atoms with E-state index in [4.69, 9.17) is 0 Å². The molecule has 1 saturated carbocycles. The largest absolute Gasteiger partial charge is 0.394 e. The van der Waals surface area contributed by atoms with Crippen molar-refractivity contribution in [1.29, 1.82) is 0 Å². The molecule has 0 unspecified atom stereocenters. The van der Waals surface area contributed by atoms with Crippen LogP contribution in [0.1, 0.15) is 49.7 Å². The summed E-state index contributed by atoms with van der Waals surface area (Å²) in [6.45, 7) is 1.61. The first-order valence-corrected chi connectivity index (χ1v) is 12.1. The summed E-state index contributed by atoms with van der Waals surface area (Å²) in [6, 6.07) is 7.45. The van der Waals surface area contributed by atoms with Crippen LogP contribution in [0, 0.1) is 17.8 Å². The number of nitrogens with zero attached hydrogens (tertiary/aromatic N) is 2. The molecule has 2 saturated heterocycles. The van der Waals surface area contributed by atoms with Crippen LogP contribution in [0.15, 0.2) is 24.3 Å². The highest BCUT2D eigenvalue weighted by molar-refractivity contribution is 7.89. The number of rotatable bonds is 4. The molecule has 0 radical (unpaired) electrons. The Morgan fingerprint density at radius 1 is 1.17 bits per heavy atom. The molecule has 156 valence electrons. The molecule has 7 heteroatoms. The van der Waals surface area contributed by atoms with Crippen molar-refractivity contribution in [3.05, 3.63) is 35.4 Å². The number of aliphatic hydroxyl groups excluding tert-OH is 1. The Kier molecular flexibility index (Phi) is 5.69. The van der Waals surface area contributed by atoms with Gasteiger partial charge in [-0.05, 0) is 37.5 Å². The molecule has 6 nitrogen and oxygen atoms in total. The average molecular weight is 417 g/mol. The highest BCUT2D eigenvalue weighted by atomic mass is 32.2. The lowest BCUT2D eigenvalue weighted by molar-refractivity contribution is -0.158. The zero-order chi connectivity index (χ0) is 20.6. The third kappa shape index (κ3) is 3.81. The summed E-state index contributed by atoms with van der Waals surface area (Å²) >= 11 is 0. The molecule has 2 heterocycles. The molecule has 1 aliphatic carbocycles. The first-order chi connectivity index (χ1) is 13.9. The number of amides is 1. The summed E-state index contributed by atoms with van der Waals surface area (Å²) in [4.78, 5) is 14.2. The molecule has 4 rings (SSSR count). The third-order valence-corrected chi connectivity index (χ3v) is 8.35. The Morgan fingerprint density at radius 3 is 2.48 bits per heavy atom. The van der Waals surface area contributed by atoms with Crippen LogP contribution in [-0.4, -0.2) is 66.2 Å². The predicted octanol–water partition coefficient (Wildman–Crippen LogP) is 1.55. The van der Waals surface area contributed by atoms with E-state index in [-0.39, 0.29) is 49.4 Å². The maximum Gasteiger partial charge on any atom is 0.238 e. The lowest BCUT2D eigenvalue weighted by Crippen LogP contribution is -2.73. The van der Waals surface area contributed by atoms with Gasteiger partial charge in [0, 0.05) is 23.9 Å². The molecule has 3 aliphatic rings. The van der Waals surface area contributed by atoms with Crippen LogP contribution in [0.4, 0.5) is 0 Å². The number of sulfonamides is 1. The fourth-order valence-corrected chi connectivity index (χ4v) is 5.96. The highest BCUT2D eigenvalue weighted by Crippen LogP contribution is 2.43. The second-order valence-electron chi connectivity index (χ2n) is 8.21. The van der Waals surface area contributed by atoms with Crippen LogP contribution in [0.2, 0.25) is 0 Å². The van der Waals surface area contributed by atoms with E-state index in [0.717, 1.165) is 11.1 Å². The number of hydrogen-bond donors (Lipinski definition) is 1. The standard InChI is InChI=1S/C22H28N2O4S/c1-2-29(27,28)23-13-19-22(20(15-25)24(19)21(26)14-23)18-11-9-17(10-12-18)8-7-16-5-3-4-6-16/h9-12,16,19-20,22,25H,2-6,13-15H2,1H3/t19-,20-,22+/m0/s1. The fourth-order valence-electron chi connectivity index (χ4n) is 4.91. The second-order valence-corrected chi connectivity index (χ2v) is 10.5. The Balaban J connectivity index is 1.53. The lowest BCUT2D eigenvalue weighted by atomic mass is 9.74. The third-order valence-electron chi connectivity index (χ3n) is 6.55. The number of aliphatic hydroxyl groups is 1. The minimum atomic E-state index is -3.42. The first kappa shape index (κ1) is 20.4. The van der Waals surface area contributed by atoms with Crippen molar-refractivity contribution in [3.63, 3.8) is 0 Å². The van der Waals surface area contributed by atoms with E-state index in [1.54, 1.807) is 11.8 Å². The van der Waals surface area contributed by atoms with Gasteiger partial charge in [-0.1, -0.05) is 36.8 Å². The second kappa shape index (κ2) is 8.10. The van der Waals surface area contributed by atoms with Gasteiger partial charge < -0.3 is 10.0 Å². The van der Waals surface area contributed by atoms with Crippen molar-refractivity contribution in [2.24, 2.45) is 5.92 Å². The molecule has 29 heavy (non-hydrogen) atoms. The molecular weight excluding hydrogens is 388 g/mol.